The Morgan fingerprint density at radius 3 is 2.75 bits per heavy atom. The second-order valence-corrected chi connectivity index (χ2v) is 2.29. The fourth-order valence-corrected chi connectivity index (χ4v) is 1.16. The van der Waals surface area contributed by atoms with Gasteiger partial charge in [-0.25, -0.2) is 0 Å². The molecule has 8 heavy (non-hydrogen) atoms. The zero-order chi connectivity index (χ0) is 5.72. The highest BCUT2D eigenvalue weighted by Crippen LogP contribution is 2.49. The highest BCUT2D eigenvalue weighted by atomic mass is 16.5. The Hall–Kier alpha value is -0.790. The number of carbonyl (C=O) groups is 1. The number of fused-ring (bicyclic) bond motifs is 1. The molecule has 0 aromatic heterocycles. The maximum Gasteiger partial charge on any atom is 0.313 e. The molecule has 0 bridgehead atoms. The van der Waals surface area contributed by atoms with Crippen molar-refractivity contribution < 1.29 is 9.53 Å². The lowest BCUT2D eigenvalue weighted by molar-refractivity contribution is -0.140. The zero-order valence-electron chi connectivity index (χ0n) is 4.39. The fraction of sp³-hybridized carbons (Fsp3) is 0.500. The van der Waals surface area contributed by atoms with E-state index < -0.39 is 0 Å². The van der Waals surface area contributed by atoms with Crippen molar-refractivity contribution in [2.75, 3.05) is 6.61 Å². The molecule has 1 saturated carbocycles. The Balaban J connectivity index is 2.29. The van der Waals surface area contributed by atoms with Crippen LogP contribution in [0.5, 0.6) is 0 Å². The molecule has 1 heterocycles. The molecule has 1 aliphatic heterocycles. The molecular formula is C6H6O2. The standard InChI is InChI=1S/C6H6O2/c1-3-4-2-8-6(7)5(3)4/h4-5H,1-2H2. The minimum atomic E-state index is -0.0694. The summed E-state index contributed by atoms with van der Waals surface area (Å²) in [5.41, 5.74) is 1.07. The highest BCUT2D eigenvalue weighted by molar-refractivity contribution is 5.84. The van der Waals surface area contributed by atoms with Crippen molar-refractivity contribution in [2.45, 2.75) is 0 Å². The molecule has 0 aromatic carbocycles. The van der Waals surface area contributed by atoms with Gasteiger partial charge in [0.1, 0.15) is 0 Å². The third-order valence-corrected chi connectivity index (χ3v) is 1.83. The van der Waals surface area contributed by atoms with Gasteiger partial charge in [0.15, 0.2) is 0 Å². The summed E-state index contributed by atoms with van der Waals surface area (Å²) in [6, 6.07) is 0. The summed E-state index contributed by atoms with van der Waals surface area (Å²) in [5, 5.41) is 0. The van der Waals surface area contributed by atoms with E-state index in [1.165, 1.54) is 0 Å². The Bertz CT molecular complexity index is 171. The van der Waals surface area contributed by atoms with Gasteiger partial charge in [0, 0.05) is 5.92 Å². The average Bonchev–Trinajstić information content (AvgIpc) is 2.13. The van der Waals surface area contributed by atoms with Crippen LogP contribution in [0.3, 0.4) is 0 Å². The highest BCUT2D eigenvalue weighted by Gasteiger charge is 2.54. The smallest absolute Gasteiger partial charge is 0.313 e. The fourth-order valence-electron chi connectivity index (χ4n) is 1.16. The molecule has 1 saturated heterocycles. The molecule has 2 heteroatoms. The molecule has 2 fully saturated rings. The van der Waals surface area contributed by atoms with Crippen molar-refractivity contribution in [3.05, 3.63) is 12.2 Å². The lowest BCUT2D eigenvalue weighted by atomic mass is 10.4. The zero-order valence-corrected chi connectivity index (χ0v) is 4.39. The molecule has 2 unspecified atom stereocenters. The van der Waals surface area contributed by atoms with Crippen LogP contribution in [0, 0.1) is 11.8 Å². The van der Waals surface area contributed by atoms with Gasteiger partial charge in [0.25, 0.3) is 0 Å². The van der Waals surface area contributed by atoms with Gasteiger partial charge in [0.2, 0.25) is 0 Å². The van der Waals surface area contributed by atoms with Crippen molar-refractivity contribution >= 4 is 5.97 Å². The van der Waals surface area contributed by atoms with E-state index in [1.807, 2.05) is 0 Å². The van der Waals surface area contributed by atoms with E-state index in [-0.39, 0.29) is 11.9 Å². The normalized spacial score (nSPS) is 41.5. The van der Waals surface area contributed by atoms with Gasteiger partial charge in [-0.2, -0.15) is 0 Å². The number of cyclic esters (lactones) is 1. The predicted octanol–water partition coefficient (Wildman–Crippen LogP) is 0.345. The van der Waals surface area contributed by atoms with Crippen LogP contribution >= 0.6 is 0 Å². The quantitative estimate of drug-likeness (QED) is 0.332. The van der Waals surface area contributed by atoms with Crippen LogP contribution in [0.1, 0.15) is 0 Å². The maximum atomic E-state index is 10.5. The third kappa shape index (κ3) is 0.278. The number of hydrogen-bond donors (Lipinski definition) is 0. The molecule has 2 rings (SSSR count). The van der Waals surface area contributed by atoms with E-state index in [0.29, 0.717) is 12.5 Å². The molecule has 0 N–H and O–H groups in total. The van der Waals surface area contributed by atoms with E-state index in [2.05, 4.69) is 11.3 Å². The summed E-state index contributed by atoms with van der Waals surface area (Å²) in [5.74, 6) is 0.414. The Labute approximate surface area is 47.1 Å². The lowest BCUT2D eigenvalue weighted by Gasteiger charge is -1.91. The summed E-state index contributed by atoms with van der Waals surface area (Å²) >= 11 is 0. The van der Waals surface area contributed by atoms with Crippen LogP contribution in [0.25, 0.3) is 0 Å². The van der Waals surface area contributed by atoms with Crippen LogP contribution < -0.4 is 0 Å². The van der Waals surface area contributed by atoms with Crippen LogP contribution in [-0.2, 0) is 9.53 Å². The van der Waals surface area contributed by atoms with Crippen LogP contribution in [0.2, 0.25) is 0 Å². The molecule has 2 atom stereocenters. The third-order valence-electron chi connectivity index (χ3n) is 1.83. The SMILES string of the molecule is C=C1C2COC(=O)C12. The molecule has 2 aliphatic rings. The molecule has 0 radical (unpaired) electrons. The lowest BCUT2D eigenvalue weighted by Crippen LogP contribution is -1.99. The molecule has 2 nitrogen and oxygen atoms in total. The number of rotatable bonds is 0. The summed E-state index contributed by atoms with van der Waals surface area (Å²) in [6.07, 6.45) is 0. The first-order valence-corrected chi connectivity index (χ1v) is 2.66. The monoisotopic (exact) mass is 110 g/mol. The molecule has 42 valence electrons. The summed E-state index contributed by atoms with van der Waals surface area (Å²) in [4.78, 5) is 10.5. The Morgan fingerprint density at radius 2 is 2.50 bits per heavy atom. The van der Waals surface area contributed by atoms with E-state index >= 15 is 0 Å². The van der Waals surface area contributed by atoms with Crippen molar-refractivity contribution in [3.63, 3.8) is 0 Å². The molecule has 1 aliphatic carbocycles. The number of ether oxygens (including phenoxy) is 1. The van der Waals surface area contributed by atoms with Crippen LogP contribution in [0.15, 0.2) is 12.2 Å². The first kappa shape index (κ1) is 4.13. The van der Waals surface area contributed by atoms with E-state index in [4.69, 9.17) is 0 Å². The van der Waals surface area contributed by atoms with Gasteiger partial charge in [-0.3, -0.25) is 4.79 Å². The van der Waals surface area contributed by atoms with E-state index in [0.717, 1.165) is 5.57 Å². The van der Waals surface area contributed by atoms with Crippen molar-refractivity contribution in [1.82, 2.24) is 0 Å². The average molecular weight is 110 g/mol. The Kier molecular flexibility index (Phi) is 0.498. The van der Waals surface area contributed by atoms with Gasteiger partial charge >= 0.3 is 5.97 Å². The first-order chi connectivity index (χ1) is 3.80. The minimum absolute atomic E-state index is 0.0694. The summed E-state index contributed by atoms with van der Waals surface area (Å²) in [6.45, 7) is 4.29. The van der Waals surface area contributed by atoms with Gasteiger partial charge in [-0.15, -0.1) is 0 Å². The van der Waals surface area contributed by atoms with Crippen molar-refractivity contribution in [2.24, 2.45) is 11.8 Å². The van der Waals surface area contributed by atoms with Gasteiger partial charge in [-0.05, 0) is 0 Å². The Morgan fingerprint density at radius 1 is 1.75 bits per heavy atom. The van der Waals surface area contributed by atoms with E-state index in [9.17, 15) is 4.79 Å². The van der Waals surface area contributed by atoms with Crippen molar-refractivity contribution in [1.29, 1.82) is 0 Å². The van der Waals surface area contributed by atoms with Crippen LogP contribution in [-0.4, -0.2) is 12.6 Å². The van der Waals surface area contributed by atoms with Gasteiger partial charge in [-0.1, -0.05) is 12.2 Å². The number of carbonyl (C=O) groups excluding carboxylic acids is 1. The molecular weight excluding hydrogens is 104 g/mol. The van der Waals surface area contributed by atoms with Gasteiger partial charge in [0.05, 0.1) is 12.5 Å². The topological polar surface area (TPSA) is 26.3 Å². The summed E-state index contributed by atoms with van der Waals surface area (Å²) in [7, 11) is 0. The second kappa shape index (κ2) is 0.966. The number of esters is 1. The second-order valence-electron chi connectivity index (χ2n) is 2.29. The maximum absolute atomic E-state index is 10.5. The molecule has 0 aromatic rings. The summed E-state index contributed by atoms with van der Waals surface area (Å²) < 4.78 is 4.69. The number of hydrogen-bond acceptors (Lipinski definition) is 2. The van der Waals surface area contributed by atoms with Gasteiger partial charge < -0.3 is 4.74 Å². The predicted molar refractivity (Wildman–Crippen MR) is 27.1 cm³/mol. The van der Waals surface area contributed by atoms with E-state index in [1.54, 1.807) is 0 Å². The largest absolute Gasteiger partial charge is 0.465 e. The van der Waals surface area contributed by atoms with Crippen molar-refractivity contribution in [3.8, 4) is 0 Å². The van der Waals surface area contributed by atoms with Crippen LogP contribution in [0.4, 0.5) is 0 Å². The molecule has 0 amide bonds. The minimum Gasteiger partial charge on any atom is -0.465 e. The first-order valence-electron chi connectivity index (χ1n) is 2.66. The molecule has 0 spiro atoms.